The fourth-order valence-corrected chi connectivity index (χ4v) is 4.93. The summed E-state index contributed by atoms with van der Waals surface area (Å²) in [5.74, 6) is -0.952. The first-order valence-electron chi connectivity index (χ1n) is 14.1. The molecule has 0 bridgehead atoms. The average Bonchev–Trinajstić information content (AvgIpc) is 3.47. The molecular weight excluding hydrogens is 560 g/mol. The summed E-state index contributed by atoms with van der Waals surface area (Å²) in [5, 5.41) is 6.94. The number of carbonyl (C=O) groups excluding carboxylic acids is 3. The van der Waals surface area contributed by atoms with Crippen molar-refractivity contribution < 1.29 is 32.3 Å². The molecule has 3 aromatic rings. The van der Waals surface area contributed by atoms with Crippen LogP contribution in [-0.4, -0.2) is 69.0 Å². The van der Waals surface area contributed by atoms with Gasteiger partial charge in [0.15, 0.2) is 0 Å². The lowest BCUT2D eigenvalue weighted by Gasteiger charge is -2.34. The molecule has 43 heavy (non-hydrogen) atoms. The van der Waals surface area contributed by atoms with Crippen molar-refractivity contribution in [1.29, 1.82) is 0 Å². The Morgan fingerprint density at radius 2 is 1.81 bits per heavy atom. The van der Waals surface area contributed by atoms with E-state index in [1.165, 1.54) is 11.1 Å². The van der Waals surface area contributed by atoms with Crippen LogP contribution >= 0.6 is 0 Å². The van der Waals surface area contributed by atoms with E-state index in [4.69, 9.17) is 9.15 Å². The third kappa shape index (κ3) is 7.60. The van der Waals surface area contributed by atoms with Gasteiger partial charge in [0.2, 0.25) is 5.89 Å². The second-order valence-corrected chi connectivity index (χ2v) is 12.3. The molecule has 2 amide bonds. The second kappa shape index (κ2) is 12.6. The number of benzene rings is 1. The molecule has 12 heteroatoms. The molecule has 1 aromatic carbocycles. The van der Waals surface area contributed by atoms with E-state index in [-0.39, 0.29) is 30.4 Å². The zero-order valence-electron chi connectivity index (χ0n) is 25.3. The molecule has 0 N–H and O–H groups in total. The van der Waals surface area contributed by atoms with Gasteiger partial charge in [-0.25, -0.2) is 4.79 Å². The molecule has 230 valence electrons. The van der Waals surface area contributed by atoms with Crippen LogP contribution in [0.2, 0.25) is 0 Å². The number of nitrogens with zero attached hydrogens (tertiary/aromatic N) is 5. The number of rotatable bonds is 8. The molecule has 4 rings (SSSR count). The maximum absolute atomic E-state index is 13.6. The number of piperidine rings is 1. The van der Waals surface area contributed by atoms with Crippen molar-refractivity contribution in [3.05, 3.63) is 64.8 Å². The summed E-state index contributed by atoms with van der Waals surface area (Å²) >= 11 is 0. The number of hydrogen-bond donors (Lipinski definition) is 0. The van der Waals surface area contributed by atoms with E-state index in [9.17, 15) is 23.2 Å². The van der Waals surface area contributed by atoms with Gasteiger partial charge >= 0.3 is 12.5 Å². The maximum atomic E-state index is 13.6. The molecule has 2 aromatic heterocycles. The summed E-state index contributed by atoms with van der Waals surface area (Å²) in [6.07, 6.45) is 0.543. The van der Waals surface area contributed by atoms with Crippen LogP contribution in [0.3, 0.4) is 0 Å². The minimum Gasteiger partial charge on any atom is -0.444 e. The largest absolute Gasteiger partial charge is 0.444 e. The summed E-state index contributed by atoms with van der Waals surface area (Å²) in [6.45, 7) is 10.4. The van der Waals surface area contributed by atoms with Gasteiger partial charge < -0.3 is 23.7 Å². The van der Waals surface area contributed by atoms with Crippen molar-refractivity contribution in [3.63, 3.8) is 0 Å². The van der Waals surface area contributed by atoms with Crippen molar-refractivity contribution in [2.24, 2.45) is 0 Å². The highest BCUT2D eigenvalue weighted by molar-refractivity contribution is 5.97. The molecule has 1 aliphatic heterocycles. The van der Waals surface area contributed by atoms with E-state index in [0.29, 0.717) is 35.5 Å². The highest BCUT2D eigenvalue weighted by Crippen LogP contribution is 2.34. The first-order valence-corrected chi connectivity index (χ1v) is 14.1. The van der Waals surface area contributed by atoms with Crippen LogP contribution in [0.15, 0.2) is 40.9 Å². The van der Waals surface area contributed by atoms with E-state index in [1.807, 2.05) is 32.9 Å². The highest BCUT2D eigenvalue weighted by Gasteiger charge is 2.31. The molecule has 3 heterocycles. The van der Waals surface area contributed by atoms with Gasteiger partial charge in [-0.1, -0.05) is 12.1 Å². The Kier molecular flexibility index (Phi) is 9.26. The Morgan fingerprint density at radius 1 is 1.12 bits per heavy atom. The molecule has 10 nitrogen and oxygen atoms in total. The Bertz CT molecular complexity index is 1460. The van der Waals surface area contributed by atoms with Crippen LogP contribution in [0, 0.1) is 0 Å². The number of aldehydes is 1. The minimum absolute atomic E-state index is 0.0740. The molecule has 0 aliphatic carbocycles. The molecule has 0 radical (unpaired) electrons. The van der Waals surface area contributed by atoms with Crippen molar-refractivity contribution in [1.82, 2.24) is 25.0 Å². The van der Waals surface area contributed by atoms with Crippen LogP contribution in [0.4, 0.5) is 13.6 Å². The number of carbonyl (C=O) groups is 3. The number of halogens is 2. The van der Waals surface area contributed by atoms with Gasteiger partial charge in [-0.05, 0) is 82.7 Å². The van der Waals surface area contributed by atoms with Crippen LogP contribution in [0.5, 0.6) is 0 Å². The summed E-state index contributed by atoms with van der Waals surface area (Å²) < 4.78 is 36.0. The summed E-state index contributed by atoms with van der Waals surface area (Å²) in [7, 11) is 1.64. The second-order valence-electron chi connectivity index (χ2n) is 12.3. The standard InChI is InChI=1S/C31H37F2N5O5/c1-30(2,3)43-29(41)38-13-11-19(12-14-38)20-8-10-23(24(15-20)31(4,5)18-39)28(40)37(6)17-22-9-7-21(16-34-22)26-35-36-27(42-26)25(32)33/h7-10,15-16,18-19,25H,11-14,17H2,1-6H3. The lowest BCUT2D eigenvalue weighted by molar-refractivity contribution is -0.111. The smallest absolute Gasteiger partial charge is 0.410 e. The maximum Gasteiger partial charge on any atom is 0.410 e. The van der Waals surface area contributed by atoms with Crippen LogP contribution in [0.25, 0.3) is 11.5 Å². The number of amides is 2. The van der Waals surface area contributed by atoms with Gasteiger partial charge in [0.25, 0.3) is 11.8 Å². The lowest BCUT2D eigenvalue weighted by Crippen LogP contribution is -2.41. The lowest BCUT2D eigenvalue weighted by atomic mass is 9.79. The quantitative estimate of drug-likeness (QED) is 0.293. The predicted molar refractivity (Wildman–Crippen MR) is 154 cm³/mol. The Labute approximate surface area is 249 Å². The number of pyridine rings is 1. The number of ether oxygens (including phenoxy) is 1. The average molecular weight is 598 g/mol. The third-order valence-corrected chi connectivity index (χ3v) is 7.33. The fourth-order valence-electron chi connectivity index (χ4n) is 4.93. The van der Waals surface area contributed by atoms with Crippen LogP contribution < -0.4 is 0 Å². The van der Waals surface area contributed by atoms with Gasteiger partial charge in [-0.2, -0.15) is 8.78 Å². The zero-order chi connectivity index (χ0) is 31.5. The predicted octanol–water partition coefficient (Wildman–Crippen LogP) is 5.93. The van der Waals surface area contributed by atoms with Gasteiger partial charge in [-0.3, -0.25) is 9.78 Å². The summed E-state index contributed by atoms with van der Waals surface area (Å²) in [4.78, 5) is 45.8. The molecule has 0 unspecified atom stereocenters. The molecule has 1 fully saturated rings. The first-order chi connectivity index (χ1) is 20.2. The molecule has 0 spiro atoms. The van der Waals surface area contributed by atoms with E-state index in [1.54, 1.807) is 44.0 Å². The number of alkyl halides is 2. The van der Waals surface area contributed by atoms with Crippen molar-refractivity contribution in [2.75, 3.05) is 20.1 Å². The van der Waals surface area contributed by atoms with Gasteiger partial charge in [-0.15, -0.1) is 10.2 Å². The molecule has 1 aliphatic rings. The molecule has 0 atom stereocenters. The molecule has 1 saturated heterocycles. The van der Waals surface area contributed by atoms with E-state index < -0.39 is 23.3 Å². The van der Waals surface area contributed by atoms with Gasteiger partial charge in [0.05, 0.1) is 17.8 Å². The van der Waals surface area contributed by atoms with Crippen LogP contribution in [-0.2, 0) is 21.5 Å². The fraction of sp³-hybridized carbons (Fsp3) is 0.484. The monoisotopic (exact) mass is 597 g/mol. The molecular formula is C31H37F2N5O5. The van der Waals surface area contributed by atoms with Crippen molar-refractivity contribution in [2.45, 2.75) is 77.4 Å². The highest BCUT2D eigenvalue weighted by atomic mass is 19.3. The summed E-state index contributed by atoms with van der Waals surface area (Å²) in [5.41, 5.74) is 1.51. The van der Waals surface area contributed by atoms with E-state index in [2.05, 4.69) is 15.2 Å². The topological polar surface area (TPSA) is 119 Å². The minimum atomic E-state index is -2.87. The van der Waals surface area contributed by atoms with Crippen LogP contribution in [0.1, 0.15) is 92.9 Å². The van der Waals surface area contributed by atoms with Crippen molar-refractivity contribution in [3.8, 4) is 11.5 Å². The number of aromatic nitrogens is 3. The molecule has 0 saturated carbocycles. The number of hydrogen-bond acceptors (Lipinski definition) is 8. The Hall–Kier alpha value is -4.22. The Morgan fingerprint density at radius 3 is 2.37 bits per heavy atom. The Balaban J connectivity index is 1.48. The SMILES string of the molecule is CN(Cc1ccc(-c2nnc(C(F)F)o2)cn1)C(=O)c1ccc(C2CCN(C(=O)OC(C)(C)C)CC2)cc1C(C)(C)C=O. The first kappa shape index (κ1) is 31.7. The normalized spacial score (nSPS) is 14.6. The van der Waals surface area contributed by atoms with Gasteiger partial charge in [0, 0.05) is 37.3 Å². The van der Waals surface area contributed by atoms with Crippen molar-refractivity contribution >= 4 is 18.3 Å². The zero-order valence-corrected chi connectivity index (χ0v) is 25.3. The van der Waals surface area contributed by atoms with Gasteiger partial charge in [0.1, 0.15) is 11.9 Å². The number of likely N-dealkylation sites (tertiary alicyclic amines) is 1. The summed E-state index contributed by atoms with van der Waals surface area (Å²) in [6, 6.07) is 8.88. The van der Waals surface area contributed by atoms with E-state index in [0.717, 1.165) is 24.7 Å². The van der Waals surface area contributed by atoms with E-state index >= 15 is 0 Å². The third-order valence-electron chi connectivity index (χ3n) is 7.33.